The van der Waals surface area contributed by atoms with Gasteiger partial charge in [-0.3, -0.25) is 9.89 Å². The third-order valence-electron chi connectivity index (χ3n) is 3.78. The van der Waals surface area contributed by atoms with Crippen LogP contribution in [0, 0.1) is 0 Å². The van der Waals surface area contributed by atoms with Gasteiger partial charge in [0.2, 0.25) is 0 Å². The molecule has 0 amide bonds. The van der Waals surface area contributed by atoms with Crippen molar-refractivity contribution >= 4 is 5.96 Å². The third kappa shape index (κ3) is 7.77. The molecule has 2 rings (SSSR count). The lowest BCUT2D eigenvalue weighted by Gasteiger charge is -2.25. The van der Waals surface area contributed by atoms with Gasteiger partial charge in [0.1, 0.15) is 0 Å². The van der Waals surface area contributed by atoms with Crippen molar-refractivity contribution in [2.24, 2.45) is 4.99 Å². The van der Waals surface area contributed by atoms with Gasteiger partial charge in [0.15, 0.2) is 5.96 Å². The van der Waals surface area contributed by atoms with Crippen LogP contribution in [-0.4, -0.2) is 69.9 Å². The van der Waals surface area contributed by atoms with E-state index in [0.717, 1.165) is 58.4 Å². The van der Waals surface area contributed by atoms with E-state index in [4.69, 9.17) is 9.47 Å². The first-order chi connectivity index (χ1) is 11.9. The molecule has 1 saturated heterocycles. The molecule has 0 aliphatic carbocycles. The molecule has 1 heterocycles. The Hall–Kier alpha value is -1.63. The number of ether oxygens (including phenoxy) is 2. The van der Waals surface area contributed by atoms with E-state index in [9.17, 15) is 0 Å². The molecule has 0 unspecified atom stereocenters. The van der Waals surface area contributed by atoms with Crippen molar-refractivity contribution < 1.29 is 9.47 Å². The highest BCUT2D eigenvalue weighted by molar-refractivity contribution is 5.79. The number of benzene rings is 1. The molecule has 1 aliphatic rings. The molecular weight excluding hydrogens is 304 g/mol. The van der Waals surface area contributed by atoms with Crippen molar-refractivity contribution in [1.29, 1.82) is 0 Å². The molecule has 24 heavy (non-hydrogen) atoms. The van der Waals surface area contributed by atoms with Crippen LogP contribution in [-0.2, 0) is 16.1 Å². The molecule has 2 N–H and O–H groups in total. The number of guanidine groups is 1. The summed E-state index contributed by atoms with van der Waals surface area (Å²) in [4.78, 5) is 7.01. The van der Waals surface area contributed by atoms with Gasteiger partial charge in [-0.15, -0.1) is 0 Å². The summed E-state index contributed by atoms with van der Waals surface area (Å²) in [7, 11) is 0. The summed E-state index contributed by atoms with van der Waals surface area (Å²) in [6.45, 7) is 10.4. The summed E-state index contributed by atoms with van der Waals surface area (Å²) in [6.07, 6.45) is 0. The van der Waals surface area contributed by atoms with Gasteiger partial charge < -0.3 is 20.1 Å². The highest BCUT2D eigenvalue weighted by Gasteiger charge is 2.09. The maximum Gasteiger partial charge on any atom is 0.191 e. The van der Waals surface area contributed by atoms with Crippen LogP contribution in [0.15, 0.2) is 35.3 Å². The summed E-state index contributed by atoms with van der Waals surface area (Å²) in [5.41, 5.74) is 1.20. The molecule has 134 valence electrons. The quantitative estimate of drug-likeness (QED) is 0.402. The smallest absolute Gasteiger partial charge is 0.191 e. The lowest BCUT2D eigenvalue weighted by Crippen LogP contribution is -2.41. The van der Waals surface area contributed by atoms with E-state index in [2.05, 4.69) is 39.6 Å². The molecule has 0 saturated carbocycles. The Morgan fingerprint density at radius 2 is 2.00 bits per heavy atom. The molecule has 0 atom stereocenters. The first-order valence-corrected chi connectivity index (χ1v) is 8.82. The molecule has 1 fully saturated rings. The fourth-order valence-corrected chi connectivity index (χ4v) is 2.48. The molecule has 6 heteroatoms. The van der Waals surface area contributed by atoms with Crippen molar-refractivity contribution in [2.45, 2.75) is 13.5 Å². The van der Waals surface area contributed by atoms with Crippen molar-refractivity contribution in [3.05, 3.63) is 35.9 Å². The zero-order valence-electron chi connectivity index (χ0n) is 14.7. The summed E-state index contributed by atoms with van der Waals surface area (Å²) >= 11 is 0. The first-order valence-electron chi connectivity index (χ1n) is 8.82. The minimum atomic E-state index is 0.646. The van der Waals surface area contributed by atoms with Crippen molar-refractivity contribution in [3.8, 4) is 0 Å². The molecule has 6 nitrogen and oxygen atoms in total. The summed E-state index contributed by atoms with van der Waals surface area (Å²) in [5.74, 6) is 0.856. The van der Waals surface area contributed by atoms with Crippen LogP contribution in [0.3, 0.4) is 0 Å². The summed E-state index contributed by atoms with van der Waals surface area (Å²) in [5, 5.41) is 6.58. The van der Waals surface area contributed by atoms with E-state index in [1.165, 1.54) is 5.56 Å². The number of nitrogens with one attached hydrogen (secondary N) is 2. The molecule has 0 bridgehead atoms. The Balaban J connectivity index is 1.60. The van der Waals surface area contributed by atoms with E-state index in [-0.39, 0.29) is 0 Å². The molecular formula is C18H30N4O2. The number of hydrogen-bond donors (Lipinski definition) is 2. The molecule has 1 aromatic carbocycles. The number of hydrogen-bond acceptors (Lipinski definition) is 4. The predicted molar refractivity (Wildman–Crippen MR) is 97.3 cm³/mol. The van der Waals surface area contributed by atoms with Crippen LogP contribution >= 0.6 is 0 Å². The van der Waals surface area contributed by atoms with E-state index in [1.807, 2.05) is 18.2 Å². The molecule has 0 aromatic heterocycles. The van der Waals surface area contributed by atoms with Gasteiger partial charge in [-0.1, -0.05) is 30.3 Å². The van der Waals surface area contributed by atoms with E-state index in [1.54, 1.807) is 0 Å². The number of nitrogens with zero attached hydrogens (tertiary/aromatic N) is 2. The second-order valence-corrected chi connectivity index (χ2v) is 5.68. The lowest BCUT2D eigenvalue weighted by atomic mass is 10.2. The van der Waals surface area contributed by atoms with Gasteiger partial charge in [-0.05, 0) is 12.5 Å². The Bertz CT molecular complexity index is 461. The van der Waals surface area contributed by atoms with Crippen molar-refractivity contribution in [3.63, 3.8) is 0 Å². The van der Waals surface area contributed by atoms with E-state index < -0.39 is 0 Å². The monoisotopic (exact) mass is 334 g/mol. The van der Waals surface area contributed by atoms with Gasteiger partial charge in [-0.25, -0.2) is 0 Å². The fraction of sp³-hybridized carbons (Fsp3) is 0.611. The number of morpholine rings is 1. The van der Waals surface area contributed by atoms with Crippen LogP contribution in [0.4, 0.5) is 0 Å². The minimum absolute atomic E-state index is 0.646. The van der Waals surface area contributed by atoms with Crippen molar-refractivity contribution in [1.82, 2.24) is 15.5 Å². The van der Waals surface area contributed by atoms with Crippen LogP contribution in [0.1, 0.15) is 12.5 Å². The van der Waals surface area contributed by atoms with E-state index >= 15 is 0 Å². The van der Waals surface area contributed by atoms with Gasteiger partial charge in [0, 0.05) is 32.7 Å². The van der Waals surface area contributed by atoms with Gasteiger partial charge >= 0.3 is 0 Å². The molecule has 1 aromatic rings. The fourth-order valence-electron chi connectivity index (χ4n) is 2.48. The zero-order valence-corrected chi connectivity index (χ0v) is 14.7. The maximum atomic E-state index is 5.68. The predicted octanol–water partition coefficient (Wildman–Crippen LogP) is 1.09. The summed E-state index contributed by atoms with van der Waals surface area (Å²) in [6, 6.07) is 10.2. The van der Waals surface area contributed by atoms with Crippen LogP contribution in [0.5, 0.6) is 0 Å². The Kier molecular flexibility index (Phi) is 9.23. The largest absolute Gasteiger partial charge is 0.379 e. The van der Waals surface area contributed by atoms with Crippen LogP contribution < -0.4 is 10.6 Å². The van der Waals surface area contributed by atoms with E-state index in [0.29, 0.717) is 13.2 Å². The Morgan fingerprint density at radius 3 is 2.75 bits per heavy atom. The average molecular weight is 334 g/mol. The number of aliphatic imine (C=N–C) groups is 1. The first kappa shape index (κ1) is 18.7. The SMILES string of the molecule is CCNC(=NCCN1CCOCC1)NCCOCc1ccccc1. The zero-order chi connectivity index (χ0) is 16.9. The molecule has 0 spiro atoms. The topological polar surface area (TPSA) is 58.1 Å². The Morgan fingerprint density at radius 1 is 1.21 bits per heavy atom. The maximum absolute atomic E-state index is 5.68. The highest BCUT2D eigenvalue weighted by Crippen LogP contribution is 1.99. The van der Waals surface area contributed by atoms with Gasteiger partial charge in [0.25, 0.3) is 0 Å². The normalized spacial score (nSPS) is 16.1. The standard InChI is InChI=1S/C18H30N4O2/c1-2-19-18(20-8-10-22-11-14-23-15-12-22)21-9-13-24-16-17-6-4-3-5-7-17/h3-7H,2,8-16H2,1H3,(H2,19,20,21). The summed E-state index contributed by atoms with van der Waals surface area (Å²) < 4.78 is 11.0. The van der Waals surface area contributed by atoms with Crippen LogP contribution in [0.2, 0.25) is 0 Å². The third-order valence-corrected chi connectivity index (χ3v) is 3.78. The van der Waals surface area contributed by atoms with Crippen LogP contribution in [0.25, 0.3) is 0 Å². The Labute approximate surface area is 145 Å². The van der Waals surface area contributed by atoms with Gasteiger partial charge in [0.05, 0.1) is 33.0 Å². The highest BCUT2D eigenvalue weighted by atomic mass is 16.5. The molecule has 1 aliphatic heterocycles. The minimum Gasteiger partial charge on any atom is -0.379 e. The second kappa shape index (κ2) is 11.8. The van der Waals surface area contributed by atoms with Gasteiger partial charge in [-0.2, -0.15) is 0 Å². The number of rotatable bonds is 9. The molecule has 0 radical (unpaired) electrons. The lowest BCUT2D eigenvalue weighted by molar-refractivity contribution is 0.0394. The van der Waals surface area contributed by atoms with Crippen molar-refractivity contribution in [2.75, 3.05) is 59.1 Å². The average Bonchev–Trinajstić information content (AvgIpc) is 2.63. The second-order valence-electron chi connectivity index (χ2n) is 5.68.